The highest BCUT2D eigenvalue weighted by Crippen LogP contribution is 2.35. The maximum absolute atomic E-state index is 13.1. The zero-order valence-corrected chi connectivity index (χ0v) is 8.55. The number of nitrogens with two attached hydrogens (primary N) is 1. The summed E-state index contributed by atoms with van der Waals surface area (Å²) in [5.74, 6) is -2.53. The second kappa shape index (κ2) is 4.20. The van der Waals surface area contributed by atoms with Gasteiger partial charge < -0.3 is 15.9 Å². The maximum atomic E-state index is 13.1. The molecule has 1 atom stereocenters. The molecule has 0 amide bonds. The van der Waals surface area contributed by atoms with Crippen LogP contribution in [0, 0.1) is 11.6 Å². The van der Waals surface area contributed by atoms with Gasteiger partial charge in [-0.05, 0) is 15.9 Å². The van der Waals surface area contributed by atoms with Gasteiger partial charge in [-0.3, -0.25) is 0 Å². The van der Waals surface area contributed by atoms with Gasteiger partial charge in [0.15, 0.2) is 0 Å². The van der Waals surface area contributed by atoms with Crippen LogP contribution in [0.5, 0.6) is 5.75 Å². The average molecular weight is 268 g/mol. The van der Waals surface area contributed by atoms with Crippen molar-refractivity contribution < 1.29 is 19.0 Å². The Kier molecular flexibility index (Phi) is 3.41. The Morgan fingerprint density at radius 3 is 2.50 bits per heavy atom. The second-order valence-corrected chi connectivity index (χ2v) is 3.50. The molecule has 3 nitrogen and oxygen atoms in total. The highest BCUT2D eigenvalue weighted by atomic mass is 79.9. The first kappa shape index (κ1) is 11.4. The van der Waals surface area contributed by atoms with E-state index in [0.717, 1.165) is 0 Å². The van der Waals surface area contributed by atoms with E-state index in [2.05, 4.69) is 15.9 Å². The van der Waals surface area contributed by atoms with E-state index >= 15 is 0 Å². The number of rotatable bonds is 2. The fourth-order valence-corrected chi connectivity index (χ4v) is 1.37. The summed E-state index contributed by atoms with van der Waals surface area (Å²) in [7, 11) is 0. The van der Waals surface area contributed by atoms with Crippen LogP contribution < -0.4 is 5.73 Å². The van der Waals surface area contributed by atoms with Crippen LogP contribution in [-0.4, -0.2) is 16.8 Å². The number of phenols is 1. The summed E-state index contributed by atoms with van der Waals surface area (Å²) in [6, 6.07) is -0.485. The molecule has 0 bridgehead atoms. The van der Waals surface area contributed by atoms with Crippen molar-refractivity contribution in [1.29, 1.82) is 0 Å². The molecule has 0 unspecified atom stereocenters. The molecule has 1 aromatic rings. The number of aliphatic hydroxyl groups is 1. The van der Waals surface area contributed by atoms with Crippen LogP contribution in [-0.2, 0) is 0 Å². The minimum Gasteiger partial charge on any atom is -0.506 e. The molecule has 6 heteroatoms. The van der Waals surface area contributed by atoms with Gasteiger partial charge in [0.05, 0.1) is 17.1 Å². The van der Waals surface area contributed by atoms with Gasteiger partial charge in [0, 0.05) is 11.6 Å². The van der Waals surface area contributed by atoms with Gasteiger partial charge in [-0.15, -0.1) is 0 Å². The van der Waals surface area contributed by atoms with Crippen LogP contribution in [0.15, 0.2) is 10.5 Å². The number of hydrogen-bond donors (Lipinski definition) is 3. The third kappa shape index (κ3) is 1.87. The van der Waals surface area contributed by atoms with Crippen molar-refractivity contribution in [2.75, 3.05) is 6.61 Å². The lowest BCUT2D eigenvalue weighted by Gasteiger charge is -2.13. The summed E-state index contributed by atoms with van der Waals surface area (Å²) in [5.41, 5.74) is 5.02. The number of phenolic OH excluding ortho intramolecular Hbond substituents is 1. The molecular weight excluding hydrogens is 260 g/mol. The lowest BCUT2D eigenvalue weighted by molar-refractivity contribution is 0.261. The van der Waals surface area contributed by atoms with E-state index in [4.69, 9.17) is 10.8 Å². The van der Waals surface area contributed by atoms with Crippen molar-refractivity contribution in [2.24, 2.45) is 5.73 Å². The molecule has 1 aromatic carbocycles. The van der Waals surface area contributed by atoms with Crippen molar-refractivity contribution in [1.82, 2.24) is 0 Å². The topological polar surface area (TPSA) is 66.5 Å². The lowest BCUT2D eigenvalue weighted by Crippen LogP contribution is -2.16. The van der Waals surface area contributed by atoms with E-state index in [1.54, 1.807) is 0 Å². The van der Waals surface area contributed by atoms with Crippen molar-refractivity contribution in [2.45, 2.75) is 6.04 Å². The molecule has 78 valence electrons. The van der Waals surface area contributed by atoms with Gasteiger partial charge in [0.1, 0.15) is 17.4 Å². The smallest absolute Gasteiger partial charge is 0.144 e. The van der Waals surface area contributed by atoms with Crippen LogP contribution in [0.2, 0.25) is 0 Å². The van der Waals surface area contributed by atoms with Gasteiger partial charge in [0.2, 0.25) is 0 Å². The zero-order chi connectivity index (χ0) is 10.9. The molecule has 14 heavy (non-hydrogen) atoms. The van der Waals surface area contributed by atoms with Crippen LogP contribution in [0.3, 0.4) is 0 Å². The van der Waals surface area contributed by atoms with Crippen LogP contribution >= 0.6 is 15.9 Å². The second-order valence-electron chi connectivity index (χ2n) is 2.71. The van der Waals surface area contributed by atoms with Gasteiger partial charge in [-0.2, -0.15) is 0 Å². The Morgan fingerprint density at radius 1 is 1.43 bits per heavy atom. The highest BCUT2D eigenvalue weighted by molar-refractivity contribution is 9.10. The molecule has 0 aliphatic rings. The minimum absolute atomic E-state index is 0.266. The van der Waals surface area contributed by atoms with Crippen molar-refractivity contribution >= 4 is 15.9 Å². The lowest BCUT2D eigenvalue weighted by atomic mass is 10.1. The average Bonchev–Trinajstić information content (AvgIpc) is 2.14. The standard InChI is InChI=1S/C8H8BrF2NO2/c9-7-4(11)1-3(10)6(8(7)14)5(12)2-13/h1,5,13-14H,2,12H2/t5-/m1/s1. The molecular formula is C8H8BrF2NO2. The third-order valence-electron chi connectivity index (χ3n) is 1.75. The first-order valence-electron chi connectivity index (χ1n) is 3.71. The number of aliphatic hydroxyl groups excluding tert-OH is 1. The quantitative estimate of drug-likeness (QED) is 0.711. The number of aromatic hydroxyl groups is 1. The molecule has 0 heterocycles. The monoisotopic (exact) mass is 267 g/mol. The molecule has 0 aromatic heterocycles. The molecule has 0 aliphatic heterocycles. The Labute approximate surface area is 87.3 Å². The SMILES string of the molecule is N[C@H](CO)c1c(F)cc(F)c(Br)c1O. The maximum Gasteiger partial charge on any atom is 0.144 e. The van der Waals surface area contributed by atoms with Crippen molar-refractivity contribution in [3.8, 4) is 5.75 Å². The fraction of sp³-hybridized carbons (Fsp3) is 0.250. The number of benzene rings is 1. The zero-order valence-electron chi connectivity index (χ0n) is 6.97. The van der Waals surface area contributed by atoms with E-state index in [1.165, 1.54) is 0 Å². The number of halogens is 3. The summed E-state index contributed by atoms with van der Waals surface area (Å²) in [6.07, 6.45) is 0. The van der Waals surface area contributed by atoms with Crippen molar-refractivity contribution in [3.05, 3.63) is 27.7 Å². The van der Waals surface area contributed by atoms with Gasteiger partial charge in [0.25, 0.3) is 0 Å². The normalized spacial score (nSPS) is 12.9. The van der Waals surface area contributed by atoms with Crippen LogP contribution in [0.1, 0.15) is 11.6 Å². The van der Waals surface area contributed by atoms with E-state index in [-0.39, 0.29) is 10.0 Å². The first-order valence-corrected chi connectivity index (χ1v) is 4.51. The molecule has 4 N–H and O–H groups in total. The van der Waals surface area contributed by atoms with Crippen LogP contribution in [0.25, 0.3) is 0 Å². The summed E-state index contributed by atoms with van der Waals surface area (Å²) >= 11 is 2.73. The fourth-order valence-electron chi connectivity index (χ4n) is 1.04. The highest BCUT2D eigenvalue weighted by Gasteiger charge is 2.20. The molecule has 0 spiro atoms. The summed E-state index contributed by atoms with van der Waals surface area (Å²) in [6.45, 7) is -0.539. The Balaban J connectivity index is 3.36. The Hall–Kier alpha value is -0.720. The minimum atomic E-state index is -1.08. The predicted octanol–water partition coefficient (Wildman–Crippen LogP) is 1.42. The van der Waals surface area contributed by atoms with Crippen LogP contribution in [0.4, 0.5) is 8.78 Å². The summed E-state index contributed by atoms with van der Waals surface area (Å²) < 4.78 is 25.7. The largest absolute Gasteiger partial charge is 0.506 e. The predicted molar refractivity (Wildman–Crippen MR) is 49.7 cm³/mol. The van der Waals surface area contributed by atoms with Gasteiger partial charge >= 0.3 is 0 Å². The summed E-state index contributed by atoms with van der Waals surface area (Å²) in [5, 5.41) is 18.0. The Morgan fingerprint density at radius 2 is 2.00 bits per heavy atom. The molecule has 0 saturated heterocycles. The van der Waals surface area contributed by atoms with E-state index in [0.29, 0.717) is 6.07 Å². The Bertz CT molecular complexity index is 360. The van der Waals surface area contributed by atoms with E-state index in [1.807, 2.05) is 0 Å². The van der Waals surface area contributed by atoms with E-state index in [9.17, 15) is 13.9 Å². The molecule has 0 radical (unpaired) electrons. The molecule has 1 rings (SSSR count). The third-order valence-corrected chi connectivity index (χ3v) is 2.51. The summed E-state index contributed by atoms with van der Waals surface area (Å²) in [4.78, 5) is 0. The van der Waals surface area contributed by atoms with Gasteiger partial charge in [-0.1, -0.05) is 0 Å². The number of hydrogen-bond acceptors (Lipinski definition) is 3. The molecule has 0 aliphatic carbocycles. The first-order chi connectivity index (χ1) is 6.49. The molecule has 0 fully saturated rings. The van der Waals surface area contributed by atoms with Gasteiger partial charge in [-0.25, -0.2) is 8.78 Å². The van der Waals surface area contributed by atoms with E-state index < -0.39 is 30.0 Å². The van der Waals surface area contributed by atoms with Crippen molar-refractivity contribution in [3.63, 3.8) is 0 Å². The molecule has 0 saturated carbocycles.